The highest BCUT2D eigenvalue weighted by molar-refractivity contribution is 7.99. The summed E-state index contributed by atoms with van der Waals surface area (Å²) < 4.78 is 13.6. The lowest BCUT2D eigenvalue weighted by Crippen LogP contribution is -2.31. The van der Waals surface area contributed by atoms with Gasteiger partial charge in [-0.05, 0) is 30.2 Å². The van der Waals surface area contributed by atoms with Crippen LogP contribution in [-0.2, 0) is 0 Å². The summed E-state index contributed by atoms with van der Waals surface area (Å²) in [5.74, 6) is 0.795. The average molecular weight is 255 g/mol. The summed E-state index contributed by atoms with van der Waals surface area (Å²) in [6, 6.07) is 5.41. The number of benzene rings is 1. The van der Waals surface area contributed by atoms with Gasteiger partial charge in [-0.1, -0.05) is 19.1 Å². The van der Waals surface area contributed by atoms with Crippen LogP contribution in [0.3, 0.4) is 0 Å². The molecule has 1 heterocycles. The van der Waals surface area contributed by atoms with Crippen LogP contribution in [0.15, 0.2) is 23.1 Å². The summed E-state index contributed by atoms with van der Waals surface area (Å²) in [5.41, 5.74) is 1.03. The Morgan fingerprint density at radius 2 is 2.41 bits per heavy atom. The van der Waals surface area contributed by atoms with Gasteiger partial charge in [-0.15, -0.1) is 11.8 Å². The minimum Gasteiger partial charge on any atom is -0.392 e. The lowest BCUT2D eigenvalue weighted by Gasteiger charge is -2.27. The van der Waals surface area contributed by atoms with E-state index < -0.39 is 0 Å². The van der Waals surface area contributed by atoms with Crippen LogP contribution in [0.4, 0.5) is 4.39 Å². The van der Waals surface area contributed by atoms with E-state index >= 15 is 0 Å². The maximum absolute atomic E-state index is 13.6. The molecule has 0 saturated heterocycles. The molecule has 1 aromatic rings. The highest BCUT2D eigenvalue weighted by atomic mass is 32.2. The Balaban J connectivity index is 2.09. The van der Waals surface area contributed by atoms with Crippen molar-refractivity contribution < 1.29 is 9.50 Å². The molecular formula is C13H18FNOS. The number of hydrogen-bond donors (Lipinski definition) is 2. The third-order valence-electron chi connectivity index (χ3n) is 3.10. The SMILES string of the molecule is CCC(O)CNC1CCSc2c(F)cccc21. The number of aliphatic hydroxyl groups excluding tert-OH is 1. The zero-order chi connectivity index (χ0) is 12.3. The molecule has 0 bridgehead atoms. The topological polar surface area (TPSA) is 32.3 Å². The number of aliphatic hydroxyl groups is 1. The molecule has 0 radical (unpaired) electrons. The Morgan fingerprint density at radius 3 is 3.18 bits per heavy atom. The molecular weight excluding hydrogens is 237 g/mol. The van der Waals surface area contributed by atoms with E-state index in [1.54, 1.807) is 17.8 Å². The summed E-state index contributed by atoms with van der Waals surface area (Å²) in [7, 11) is 0. The third-order valence-corrected chi connectivity index (χ3v) is 4.26. The molecule has 1 aliphatic heterocycles. The predicted octanol–water partition coefficient (Wildman–Crippen LogP) is 2.72. The van der Waals surface area contributed by atoms with Crippen LogP contribution >= 0.6 is 11.8 Å². The number of nitrogens with one attached hydrogen (secondary N) is 1. The van der Waals surface area contributed by atoms with Gasteiger partial charge in [0.1, 0.15) is 5.82 Å². The first kappa shape index (κ1) is 12.9. The van der Waals surface area contributed by atoms with E-state index in [1.807, 2.05) is 13.0 Å². The molecule has 0 saturated carbocycles. The molecule has 2 N–H and O–H groups in total. The summed E-state index contributed by atoms with van der Waals surface area (Å²) in [5, 5.41) is 12.9. The van der Waals surface area contributed by atoms with Gasteiger partial charge in [0.2, 0.25) is 0 Å². The molecule has 0 fully saturated rings. The van der Waals surface area contributed by atoms with Gasteiger partial charge in [-0.3, -0.25) is 0 Å². The second-order valence-corrected chi connectivity index (χ2v) is 5.42. The zero-order valence-electron chi connectivity index (χ0n) is 9.95. The quantitative estimate of drug-likeness (QED) is 0.867. The van der Waals surface area contributed by atoms with Crippen molar-refractivity contribution in [2.45, 2.75) is 36.8 Å². The van der Waals surface area contributed by atoms with Gasteiger partial charge >= 0.3 is 0 Å². The smallest absolute Gasteiger partial charge is 0.137 e. The van der Waals surface area contributed by atoms with Crippen LogP contribution < -0.4 is 5.32 Å². The second kappa shape index (κ2) is 5.85. The van der Waals surface area contributed by atoms with Crippen LogP contribution in [0.5, 0.6) is 0 Å². The fraction of sp³-hybridized carbons (Fsp3) is 0.538. The Hall–Kier alpha value is -0.580. The molecule has 4 heteroatoms. The van der Waals surface area contributed by atoms with E-state index in [0.29, 0.717) is 6.54 Å². The first-order valence-corrected chi connectivity index (χ1v) is 7.03. The summed E-state index contributed by atoms with van der Waals surface area (Å²) >= 11 is 1.58. The number of fused-ring (bicyclic) bond motifs is 1. The first-order valence-electron chi connectivity index (χ1n) is 6.05. The fourth-order valence-electron chi connectivity index (χ4n) is 2.02. The maximum atomic E-state index is 13.6. The van der Waals surface area contributed by atoms with Crippen LogP contribution in [0.1, 0.15) is 31.4 Å². The Labute approximate surface area is 106 Å². The molecule has 94 valence electrons. The van der Waals surface area contributed by atoms with E-state index in [9.17, 15) is 9.50 Å². The summed E-state index contributed by atoms with van der Waals surface area (Å²) in [6.45, 7) is 2.53. The van der Waals surface area contributed by atoms with Crippen molar-refractivity contribution in [3.63, 3.8) is 0 Å². The lowest BCUT2D eigenvalue weighted by molar-refractivity contribution is 0.162. The maximum Gasteiger partial charge on any atom is 0.137 e. The Bertz CT molecular complexity index is 386. The largest absolute Gasteiger partial charge is 0.392 e. The standard InChI is InChI=1S/C13H18FNOS/c1-2-9(16)8-15-12-6-7-17-13-10(12)4-3-5-11(13)14/h3-5,9,12,15-16H,2,6-8H2,1H3. The highest BCUT2D eigenvalue weighted by Gasteiger charge is 2.22. The van der Waals surface area contributed by atoms with E-state index in [-0.39, 0.29) is 18.0 Å². The number of thioether (sulfide) groups is 1. The van der Waals surface area contributed by atoms with Gasteiger partial charge in [0.15, 0.2) is 0 Å². The number of rotatable bonds is 4. The van der Waals surface area contributed by atoms with Crippen LogP contribution in [0, 0.1) is 5.82 Å². The molecule has 2 unspecified atom stereocenters. The van der Waals surface area contributed by atoms with Crippen molar-refractivity contribution in [1.29, 1.82) is 0 Å². The second-order valence-electron chi connectivity index (χ2n) is 4.32. The lowest BCUT2D eigenvalue weighted by atomic mass is 10.0. The molecule has 0 amide bonds. The van der Waals surface area contributed by atoms with Crippen molar-refractivity contribution in [1.82, 2.24) is 5.32 Å². The van der Waals surface area contributed by atoms with Crippen LogP contribution in [0.2, 0.25) is 0 Å². The number of halogens is 1. The molecule has 0 aliphatic carbocycles. The van der Waals surface area contributed by atoms with Gasteiger partial charge in [-0.25, -0.2) is 4.39 Å². The molecule has 1 aliphatic rings. The zero-order valence-corrected chi connectivity index (χ0v) is 10.8. The molecule has 2 rings (SSSR count). The van der Waals surface area contributed by atoms with E-state index in [2.05, 4.69) is 5.32 Å². The molecule has 17 heavy (non-hydrogen) atoms. The normalized spacial score (nSPS) is 21.0. The van der Waals surface area contributed by atoms with Crippen LogP contribution in [0.25, 0.3) is 0 Å². The summed E-state index contributed by atoms with van der Waals surface area (Å²) in [4.78, 5) is 0.766. The van der Waals surface area contributed by atoms with E-state index in [0.717, 1.165) is 29.1 Å². The van der Waals surface area contributed by atoms with E-state index in [4.69, 9.17) is 0 Å². The van der Waals surface area contributed by atoms with Gasteiger partial charge in [0, 0.05) is 17.5 Å². The van der Waals surface area contributed by atoms with Gasteiger partial charge in [-0.2, -0.15) is 0 Å². The monoisotopic (exact) mass is 255 g/mol. The molecule has 2 nitrogen and oxygen atoms in total. The summed E-state index contributed by atoms with van der Waals surface area (Å²) in [6.07, 6.45) is 1.41. The third kappa shape index (κ3) is 3.00. The van der Waals surface area contributed by atoms with Gasteiger partial charge in [0.25, 0.3) is 0 Å². The first-order chi connectivity index (χ1) is 8.22. The number of hydrogen-bond acceptors (Lipinski definition) is 3. The molecule has 1 aromatic carbocycles. The minimum absolute atomic E-state index is 0.130. The average Bonchev–Trinajstić information content (AvgIpc) is 2.36. The van der Waals surface area contributed by atoms with Crippen molar-refractivity contribution in [3.05, 3.63) is 29.6 Å². The molecule has 0 aromatic heterocycles. The minimum atomic E-state index is -0.318. The van der Waals surface area contributed by atoms with Crippen molar-refractivity contribution >= 4 is 11.8 Å². The van der Waals surface area contributed by atoms with Gasteiger partial charge < -0.3 is 10.4 Å². The Kier molecular flexibility index (Phi) is 4.42. The van der Waals surface area contributed by atoms with Crippen molar-refractivity contribution in [2.75, 3.05) is 12.3 Å². The Morgan fingerprint density at radius 1 is 1.59 bits per heavy atom. The van der Waals surface area contributed by atoms with E-state index in [1.165, 1.54) is 6.07 Å². The molecule has 2 atom stereocenters. The fourth-order valence-corrected chi connectivity index (χ4v) is 3.16. The highest BCUT2D eigenvalue weighted by Crippen LogP contribution is 2.37. The van der Waals surface area contributed by atoms with Gasteiger partial charge in [0.05, 0.1) is 6.10 Å². The molecule has 0 spiro atoms. The van der Waals surface area contributed by atoms with Crippen LogP contribution in [-0.4, -0.2) is 23.5 Å². The van der Waals surface area contributed by atoms with Crippen molar-refractivity contribution in [3.8, 4) is 0 Å². The predicted molar refractivity (Wildman–Crippen MR) is 68.8 cm³/mol. The van der Waals surface area contributed by atoms with Crippen molar-refractivity contribution in [2.24, 2.45) is 0 Å².